The van der Waals surface area contributed by atoms with Gasteiger partial charge in [0.05, 0.1) is 19.0 Å². The molecule has 0 radical (unpaired) electrons. The molecule has 170 valence electrons. The zero-order chi connectivity index (χ0) is 23.1. The third kappa shape index (κ3) is 5.98. The minimum atomic E-state index is -0.290. The molecule has 1 amide bonds. The van der Waals surface area contributed by atoms with E-state index in [1.54, 1.807) is 24.5 Å². The number of allylic oxidation sites excluding steroid dienone is 1. The second kappa shape index (κ2) is 11.0. The number of amides is 1. The predicted molar refractivity (Wildman–Crippen MR) is 125 cm³/mol. The predicted octanol–water partition coefficient (Wildman–Crippen LogP) is 5.97. The van der Waals surface area contributed by atoms with E-state index in [0.29, 0.717) is 31.1 Å². The van der Waals surface area contributed by atoms with E-state index in [1.807, 2.05) is 39.8 Å². The Morgan fingerprint density at radius 2 is 1.97 bits per heavy atom. The van der Waals surface area contributed by atoms with E-state index in [4.69, 9.17) is 13.9 Å². The molecule has 32 heavy (non-hydrogen) atoms. The van der Waals surface area contributed by atoms with Crippen molar-refractivity contribution in [2.24, 2.45) is 0 Å². The van der Waals surface area contributed by atoms with Gasteiger partial charge in [0.2, 0.25) is 5.91 Å². The molecule has 0 aliphatic rings. The summed E-state index contributed by atoms with van der Waals surface area (Å²) in [5.74, 6) is 0.189. The first-order valence-electron chi connectivity index (χ1n) is 10.9. The molecular weight excluding hydrogens is 409 g/mol. The van der Waals surface area contributed by atoms with Crippen molar-refractivity contribution in [1.82, 2.24) is 5.32 Å². The average molecular weight is 440 g/mol. The van der Waals surface area contributed by atoms with Crippen LogP contribution in [0.4, 0.5) is 4.39 Å². The number of hydrogen-bond acceptors (Lipinski definition) is 4. The minimum absolute atomic E-state index is 0.166. The van der Waals surface area contributed by atoms with Gasteiger partial charge in [0.1, 0.15) is 17.1 Å². The fraction of sp³-hybridized carbons (Fsp3) is 0.346. The molecule has 0 spiro atoms. The molecule has 0 bridgehead atoms. The summed E-state index contributed by atoms with van der Waals surface area (Å²) in [7, 11) is 0. The average Bonchev–Trinajstić information content (AvgIpc) is 3.16. The topological polar surface area (TPSA) is 60.7 Å². The summed E-state index contributed by atoms with van der Waals surface area (Å²) in [6, 6.07) is 10.1. The summed E-state index contributed by atoms with van der Waals surface area (Å²) in [6.45, 7) is 9.40. The van der Waals surface area contributed by atoms with Crippen molar-refractivity contribution in [3.8, 4) is 16.9 Å². The number of benzene rings is 2. The van der Waals surface area contributed by atoms with Crippen LogP contribution in [0, 0.1) is 5.82 Å². The lowest BCUT2D eigenvalue weighted by atomic mass is 9.99. The highest BCUT2D eigenvalue weighted by molar-refractivity contribution is 6.00. The van der Waals surface area contributed by atoms with Crippen molar-refractivity contribution in [3.05, 3.63) is 60.1 Å². The standard InChI is InChI=1S/C26H30FNO4/c1-5-30-24-15-25-22(23(16-32-25)19-7-9-20(27)10-8-19)14-21(24)18(4)13-26(29)28-11-6-12-31-17(2)3/h7-10,13-17H,5-6,11-12H2,1-4H3,(H,28,29)/b18-13+. The number of hydrogen-bond donors (Lipinski definition) is 1. The van der Waals surface area contributed by atoms with Gasteiger partial charge in [0.25, 0.3) is 0 Å². The van der Waals surface area contributed by atoms with Gasteiger partial charge in [-0.1, -0.05) is 12.1 Å². The maximum absolute atomic E-state index is 13.3. The van der Waals surface area contributed by atoms with Gasteiger partial charge in [-0.25, -0.2) is 4.39 Å². The highest BCUT2D eigenvalue weighted by Crippen LogP contribution is 2.37. The number of carbonyl (C=O) groups is 1. The van der Waals surface area contributed by atoms with Crippen molar-refractivity contribution in [1.29, 1.82) is 0 Å². The first kappa shape index (κ1) is 23.5. The highest BCUT2D eigenvalue weighted by Gasteiger charge is 2.15. The Bertz CT molecular complexity index is 1080. The van der Waals surface area contributed by atoms with Gasteiger partial charge < -0.3 is 19.2 Å². The van der Waals surface area contributed by atoms with Crippen LogP contribution < -0.4 is 10.1 Å². The molecule has 1 aromatic heterocycles. The van der Waals surface area contributed by atoms with Crippen LogP contribution in [0.5, 0.6) is 5.75 Å². The van der Waals surface area contributed by atoms with Crippen LogP contribution in [-0.2, 0) is 9.53 Å². The van der Waals surface area contributed by atoms with Crippen molar-refractivity contribution in [2.45, 2.75) is 40.2 Å². The summed E-state index contributed by atoms with van der Waals surface area (Å²) >= 11 is 0. The normalized spacial score (nSPS) is 11.9. The number of fused-ring (bicyclic) bond motifs is 1. The molecule has 0 saturated heterocycles. The maximum atomic E-state index is 13.3. The summed E-state index contributed by atoms with van der Waals surface area (Å²) in [5.41, 5.74) is 3.95. The van der Waals surface area contributed by atoms with E-state index < -0.39 is 0 Å². The van der Waals surface area contributed by atoms with E-state index in [2.05, 4.69) is 5.32 Å². The van der Waals surface area contributed by atoms with Crippen molar-refractivity contribution in [3.63, 3.8) is 0 Å². The maximum Gasteiger partial charge on any atom is 0.244 e. The molecule has 3 rings (SSSR count). The van der Waals surface area contributed by atoms with E-state index >= 15 is 0 Å². The van der Waals surface area contributed by atoms with Crippen LogP contribution in [0.25, 0.3) is 27.7 Å². The van der Waals surface area contributed by atoms with Crippen molar-refractivity contribution >= 4 is 22.4 Å². The van der Waals surface area contributed by atoms with Crippen LogP contribution >= 0.6 is 0 Å². The lowest BCUT2D eigenvalue weighted by Gasteiger charge is -2.12. The third-order valence-corrected chi connectivity index (χ3v) is 4.97. The monoisotopic (exact) mass is 439 g/mol. The van der Waals surface area contributed by atoms with Gasteiger partial charge in [0.15, 0.2) is 0 Å². The molecule has 0 aliphatic carbocycles. The SMILES string of the molecule is CCOc1cc2occ(-c3ccc(F)cc3)c2cc1/C(C)=C/C(=O)NCCCOC(C)C. The Kier molecular flexibility index (Phi) is 8.06. The molecule has 2 aromatic carbocycles. The van der Waals surface area contributed by atoms with Gasteiger partial charge in [-0.3, -0.25) is 4.79 Å². The Morgan fingerprint density at radius 1 is 1.22 bits per heavy atom. The van der Waals surface area contributed by atoms with Gasteiger partial charge in [-0.05, 0) is 63.5 Å². The molecule has 0 aliphatic heterocycles. The quantitative estimate of drug-likeness (QED) is 0.312. The number of halogens is 1. The Morgan fingerprint density at radius 3 is 2.66 bits per heavy atom. The molecule has 0 unspecified atom stereocenters. The largest absolute Gasteiger partial charge is 0.493 e. The molecule has 6 heteroatoms. The number of furan rings is 1. The van der Waals surface area contributed by atoms with Crippen LogP contribution in [0.15, 0.2) is 53.2 Å². The number of nitrogens with one attached hydrogen (secondary N) is 1. The zero-order valence-corrected chi connectivity index (χ0v) is 19.0. The number of rotatable bonds is 10. The Hall–Kier alpha value is -3.12. The van der Waals surface area contributed by atoms with Crippen molar-refractivity contribution < 1.29 is 23.1 Å². The second-order valence-electron chi connectivity index (χ2n) is 7.83. The lowest BCUT2D eigenvalue weighted by Crippen LogP contribution is -2.23. The summed E-state index contributed by atoms with van der Waals surface area (Å²) in [5, 5.41) is 3.76. The zero-order valence-electron chi connectivity index (χ0n) is 19.0. The van der Waals surface area contributed by atoms with Gasteiger partial charge in [0, 0.05) is 41.8 Å². The minimum Gasteiger partial charge on any atom is -0.493 e. The van der Waals surface area contributed by atoms with E-state index in [1.165, 1.54) is 12.1 Å². The second-order valence-corrected chi connectivity index (χ2v) is 7.83. The third-order valence-electron chi connectivity index (χ3n) is 4.97. The molecular formula is C26H30FNO4. The van der Waals surface area contributed by atoms with Crippen LogP contribution in [0.2, 0.25) is 0 Å². The molecule has 1 heterocycles. The van der Waals surface area contributed by atoms with Crippen LogP contribution in [0.3, 0.4) is 0 Å². The van der Waals surface area contributed by atoms with Gasteiger partial charge in [-0.2, -0.15) is 0 Å². The summed E-state index contributed by atoms with van der Waals surface area (Å²) < 4.78 is 30.4. The van der Waals surface area contributed by atoms with Crippen LogP contribution in [-0.4, -0.2) is 31.8 Å². The molecule has 0 saturated carbocycles. The van der Waals surface area contributed by atoms with Gasteiger partial charge in [-0.15, -0.1) is 0 Å². The number of carbonyl (C=O) groups excluding carboxylic acids is 1. The van der Waals surface area contributed by atoms with E-state index in [9.17, 15) is 9.18 Å². The first-order chi connectivity index (χ1) is 15.4. The fourth-order valence-electron chi connectivity index (χ4n) is 3.42. The Balaban J connectivity index is 1.85. The molecule has 0 atom stereocenters. The summed E-state index contributed by atoms with van der Waals surface area (Å²) in [4.78, 5) is 12.4. The molecule has 3 aromatic rings. The molecule has 1 N–H and O–H groups in total. The van der Waals surface area contributed by atoms with E-state index in [0.717, 1.165) is 34.1 Å². The lowest BCUT2D eigenvalue weighted by molar-refractivity contribution is -0.116. The van der Waals surface area contributed by atoms with Crippen LogP contribution in [0.1, 0.15) is 39.7 Å². The highest BCUT2D eigenvalue weighted by atomic mass is 19.1. The molecule has 5 nitrogen and oxygen atoms in total. The van der Waals surface area contributed by atoms with E-state index in [-0.39, 0.29) is 17.8 Å². The first-order valence-corrected chi connectivity index (χ1v) is 10.9. The smallest absolute Gasteiger partial charge is 0.244 e. The number of ether oxygens (including phenoxy) is 2. The van der Waals surface area contributed by atoms with Gasteiger partial charge >= 0.3 is 0 Å². The fourth-order valence-corrected chi connectivity index (χ4v) is 3.42. The summed E-state index contributed by atoms with van der Waals surface area (Å²) in [6.07, 6.45) is 4.17. The molecule has 0 fully saturated rings. The Labute approximate surface area is 188 Å². The van der Waals surface area contributed by atoms with Crippen molar-refractivity contribution in [2.75, 3.05) is 19.8 Å².